The maximum atomic E-state index is 12.1. The Morgan fingerprint density at radius 3 is 2.92 bits per heavy atom. The number of ether oxygens (including phenoxy) is 1. The van der Waals surface area contributed by atoms with E-state index < -0.39 is 0 Å². The molecular formula is C19H25N3O2S. The van der Waals surface area contributed by atoms with E-state index >= 15 is 0 Å². The van der Waals surface area contributed by atoms with Crippen LogP contribution in [0.2, 0.25) is 0 Å². The Hall–Kier alpha value is -1.69. The quantitative estimate of drug-likeness (QED) is 0.878. The first kappa shape index (κ1) is 16.8. The van der Waals surface area contributed by atoms with Crippen LogP contribution in [-0.2, 0) is 11.2 Å². The molecule has 134 valence electrons. The molecule has 4 rings (SSSR count). The van der Waals surface area contributed by atoms with Crippen LogP contribution in [0.3, 0.4) is 0 Å². The number of aromatic nitrogens is 2. The fourth-order valence-electron chi connectivity index (χ4n) is 4.17. The number of fused-ring (bicyclic) bond motifs is 3. The number of thiophene rings is 1. The smallest absolute Gasteiger partial charge is 0.225 e. The summed E-state index contributed by atoms with van der Waals surface area (Å²) in [7, 11) is 0. The molecule has 0 radical (unpaired) electrons. The molecule has 1 saturated carbocycles. The fraction of sp³-hybridized carbons (Fsp3) is 0.632. The van der Waals surface area contributed by atoms with Crippen LogP contribution in [0.1, 0.15) is 68.2 Å². The van der Waals surface area contributed by atoms with Crippen LogP contribution in [0, 0.1) is 0 Å². The molecule has 5 nitrogen and oxygen atoms in total. The summed E-state index contributed by atoms with van der Waals surface area (Å²) in [6.07, 6.45) is 10.5. The lowest BCUT2D eigenvalue weighted by Crippen LogP contribution is -2.24. The number of carbonyl (C=O) groups is 1. The van der Waals surface area contributed by atoms with Gasteiger partial charge in [-0.05, 0) is 56.9 Å². The Bertz CT molecular complexity index is 767. The van der Waals surface area contributed by atoms with E-state index in [9.17, 15) is 4.79 Å². The monoisotopic (exact) mass is 359 g/mol. The van der Waals surface area contributed by atoms with Gasteiger partial charge in [-0.1, -0.05) is 6.42 Å². The summed E-state index contributed by atoms with van der Waals surface area (Å²) in [5, 5.41) is 4.00. The Kier molecular flexibility index (Phi) is 4.88. The molecule has 0 saturated heterocycles. The van der Waals surface area contributed by atoms with Gasteiger partial charge in [0.15, 0.2) is 0 Å². The minimum atomic E-state index is 0.131. The number of rotatable bonds is 5. The summed E-state index contributed by atoms with van der Waals surface area (Å²) in [5.74, 6) is 1.12. The molecule has 1 atom stereocenters. The lowest BCUT2D eigenvalue weighted by atomic mass is 9.96. The third kappa shape index (κ3) is 3.36. The lowest BCUT2D eigenvalue weighted by molar-refractivity contribution is -0.121. The predicted octanol–water partition coefficient (Wildman–Crippen LogP) is 3.96. The van der Waals surface area contributed by atoms with Gasteiger partial charge in [0.2, 0.25) is 11.8 Å². The van der Waals surface area contributed by atoms with Crippen molar-refractivity contribution in [3.8, 4) is 5.88 Å². The zero-order valence-electron chi connectivity index (χ0n) is 14.7. The Balaban J connectivity index is 1.65. The van der Waals surface area contributed by atoms with Gasteiger partial charge in [0, 0.05) is 17.8 Å². The summed E-state index contributed by atoms with van der Waals surface area (Å²) < 4.78 is 6.31. The fourth-order valence-corrected chi connectivity index (χ4v) is 5.40. The van der Waals surface area contributed by atoms with Crippen molar-refractivity contribution in [2.75, 3.05) is 6.54 Å². The van der Waals surface area contributed by atoms with Gasteiger partial charge in [-0.3, -0.25) is 4.79 Å². The average Bonchev–Trinajstić information content (AvgIpc) is 3.16. The number of hydrogen-bond acceptors (Lipinski definition) is 5. The number of amides is 1. The van der Waals surface area contributed by atoms with E-state index in [0.29, 0.717) is 13.0 Å². The standard InChI is InChI=1S/C19H25N3O2S/c1-2-20-15(23)10-12-8-9-14-16(12)17-18(21-11-22-19(17)25-14)24-13-6-4-3-5-7-13/h11-13H,2-10H2,1H3,(H,20,23)/t12-/m1/s1. The Morgan fingerprint density at radius 1 is 1.28 bits per heavy atom. The van der Waals surface area contributed by atoms with Gasteiger partial charge in [0.25, 0.3) is 0 Å². The van der Waals surface area contributed by atoms with Gasteiger partial charge in [0.1, 0.15) is 17.3 Å². The van der Waals surface area contributed by atoms with Crippen LogP contribution >= 0.6 is 11.3 Å². The molecule has 2 aromatic rings. The first-order valence-electron chi connectivity index (χ1n) is 9.46. The van der Waals surface area contributed by atoms with Crippen LogP contribution in [-0.4, -0.2) is 28.5 Å². The molecular weight excluding hydrogens is 334 g/mol. The van der Waals surface area contributed by atoms with Crippen LogP contribution < -0.4 is 10.1 Å². The number of carbonyl (C=O) groups excluding carboxylic acids is 1. The molecule has 2 aliphatic rings. The van der Waals surface area contributed by atoms with Crippen molar-refractivity contribution < 1.29 is 9.53 Å². The van der Waals surface area contributed by atoms with Gasteiger partial charge < -0.3 is 10.1 Å². The maximum Gasteiger partial charge on any atom is 0.225 e. The molecule has 1 N–H and O–H groups in total. The number of hydrogen-bond donors (Lipinski definition) is 1. The van der Waals surface area contributed by atoms with E-state index in [2.05, 4.69) is 15.3 Å². The van der Waals surface area contributed by atoms with E-state index in [1.54, 1.807) is 17.7 Å². The maximum absolute atomic E-state index is 12.1. The molecule has 2 heterocycles. The molecule has 0 spiro atoms. The molecule has 2 aromatic heterocycles. The zero-order chi connectivity index (χ0) is 17.2. The second-order valence-corrected chi connectivity index (χ2v) is 8.15. The van der Waals surface area contributed by atoms with Crippen molar-refractivity contribution in [2.24, 2.45) is 0 Å². The van der Waals surface area contributed by atoms with E-state index in [1.165, 1.54) is 29.7 Å². The number of aryl methyl sites for hydroxylation is 1. The second kappa shape index (κ2) is 7.28. The highest BCUT2D eigenvalue weighted by molar-refractivity contribution is 7.19. The van der Waals surface area contributed by atoms with Crippen molar-refractivity contribution in [3.05, 3.63) is 16.8 Å². The van der Waals surface area contributed by atoms with Gasteiger partial charge in [0.05, 0.1) is 5.39 Å². The molecule has 0 aromatic carbocycles. The summed E-state index contributed by atoms with van der Waals surface area (Å²) in [4.78, 5) is 23.4. The van der Waals surface area contributed by atoms with Gasteiger partial charge in [-0.15, -0.1) is 11.3 Å². The normalized spacial score (nSPS) is 20.6. The zero-order valence-corrected chi connectivity index (χ0v) is 15.5. The topological polar surface area (TPSA) is 64.1 Å². The van der Waals surface area contributed by atoms with Crippen molar-refractivity contribution in [2.45, 2.75) is 70.3 Å². The van der Waals surface area contributed by atoms with Crippen LogP contribution in [0.5, 0.6) is 5.88 Å². The molecule has 1 fully saturated rings. The van der Waals surface area contributed by atoms with Gasteiger partial charge in [-0.25, -0.2) is 9.97 Å². The second-order valence-electron chi connectivity index (χ2n) is 7.07. The molecule has 0 unspecified atom stereocenters. The Morgan fingerprint density at radius 2 is 2.12 bits per heavy atom. The van der Waals surface area contributed by atoms with Gasteiger partial charge in [-0.2, -0.15) is 0 Å². The number of nitrogens with one attached hydrogen (secondary N) is 1. The average molecular weight is 359 g/mol. The molecule has 2 aliphatic carbocycles. The third-order valence-electron chi connectivity index (χ3n) is 5.33. The minimum Gasteiger partial charge on any atom is -0.474 e. The third-order valence-corrected chi connectivity index (χ3v) is 6.50. The molecule has 0 bridgehead atoms. The van der Waals surface area contributed by atoms with E-state index in [1.807, 2.05) is 6.92 Å². The van der Waals surface area contributed by atoms with Crippen LogP contribution in [0.4, 0.5) is 0 Å². The van der Waals surface area contributed by atoms with Crippen molar-refractivity contribution in [1.82, 2.24) is 15.3 Å². The highest BCUT2D eigenvalue weighted by Crippen LogP contribution is 2.47. The van der Waals surface area contributed by atoms with E-state index in [0.717, 1.165) is 41.8 Å². The summed E-state index contributed by atoms with van der Waals surface area (Å²) >= 11 is 1.74. The van der Waals surface area contributed by atoms with E-state index in [-0.39, 0.29) is 17.9 Å². The first-order valence-corrected chi connectivity index (χ1v) is 10.3. The molecule has 25 heavy (non-hydrogen) atoms. The molecule has 0 aliphatic heterocycles. The largest absolute Gasteiger partial charge is 0.474 e. The van der Waals surface area contributed by atoms with Crippen LogP contribution in [0.25, 0.3) is 10.2 Å². The highest BCUT2D eigenvalue weighted by atomic mass is 32.1. The summed E-state index contributed by atoms with van der Waals surface area (Å²) in [6.45, 7) is 2.64. The summed E-state index contributed by atoms with van der Waals surface area (Å²) in [6, 6.07) is 0. The first-order chi connectivity index (χ1) is 12.3. The SMILES string of the molecule is CCNC(=O)C[C@H]1CCc2sc3ncnc(OC4CCCCC4)c3c21. The summed E-state index contributed by atoms with van der Waals surface area (Å²) in [5.41, 5.74) is 1.28. The van der Waals surface area contributed by atoms with Crippen LogP contribution in [0.15, 0.2) is 6.33 Å². The Labute approximate surface area is 152 Å². The molecule has 1 amide bonds. The molecule has 6 heteroatoms. The number of nitrogens with zero attached hydrogens (tertiary/aromatic N) is 2. The van der Waals surface area contributed by atoms with Crippen molar-refractivity contribution >= 4 is 27.5 Å². The van der Waals surface area contributed by atoms with E-state index in [4.69, 9.17) is 4.74 Å². The minimum absolute atomic E-state index is 0.131. The van der Waals surface area contributed by atoms with Gasteiger partial charge >= 0.3 is 0 Å². The lowest BCUT2D eigenvalue weighted by Gasteiger charge is -2.23. The highest BCUT2D eigenvalue weighted by Gasteiger charge is 2.32. The van der Waals surface area contributed by atoms with Crippen molar-refractivity contribution in [3.63, 3.8) is 0 Å². The van der Waals surface area contributed by atoms with Crippen molar-refractivity contribution in [1.29, 1.82) is 0 Å². The predicted molar refractivity (Wildman–Crippen MR) is 99.3 cm³/mol.